The summed E-state index contributed by atoms with van der Waals surface area (Å²) in [7, 11) is 0. The number of rotatable bonds is 7. The lowest BCUT2D eigenvalue weighted by Crippen LogP contribution is -2.43. The Hall–Kier alpha value is -2.39. The third-order valence-corrected chi connectivity index (χ3v) is 4.64. The molecule has 1 saturated heterocycles. The highest BCUT2D eigenvalue weighted by molar-refractivity contribution is 5.40. The van der Waals surface area contributed by atoms with E-state index in [0.717, 1.165) is 49.6 Å². The van der Waals surface area contributed by atoms with Gasteiger partial charge in [0.25, 0.3) is 0 Å². The number of hydrogen-bond acceptors (Lipinski definition) is 4. The normalized spacial score (nSPS) is 18.1. The molecular weight excluding hydrogens is 395 g/mol. The van der Waals surface area contributed by atoms with Gasteiger partial charge in [0.15, 0.2) is 0 Å². The second kappa shape index (κ2) is 9.41. The predicted molar refractivity (Wildman–Crippen MR) is 96.3 cm³/mol. The summed E-state index contributed by atoms with van der Waals surface area (Å²) in [5.41, 5.74) is 4.41. The number of benzene rings is 2. The molecule has 2 aromatic rings. The highest BCUT2D eigenvalue weighted by atomic mass is 19.4. The molecule has 1 fully saturated rings. The van der Waals surface area contributed by atoms with Crippen LogP contribution in [0.4, 0.5) is 22.0 Å². The Balaban J connectivity index is 1.77. The van der Waals surface area contributed by atoms with Gasteiger partial charge in [-0.2, -0.15) is 8.78 Å². The lowest BCUT2D eigenvalue weighted by molar-refractivity contribution is -0.274. The van der Waals surface area contributed by atoms with Crippen LogP contribution >= 0.6 is 0 Å². The maximum atomic E-state index is 12.7. The summed E-state index contributed by atoms with van der Waals surface area (Å²) in [4.78, 5) is 0. The summed E-state index contributed by atoms with van der Waals surface area (Å²) in [5, 5.41) is 1.99. The Morgan fingerprint density at radius 1 is 1.07 bits per heavy atom. The van der Waals surface area contributed by atoms with Gasteiger partial charge < -0.3 is 9.47 Å². The number of alkyl halides is 5. The van der Waals surface area contributed by atoms with Gasteiger partial charge in [0.2, 0.25) is 0 Å². The first-order valence-corrected chi connectivity index (χ1v) is 9.20. The molecule has 2 aromatic carbocycles. The molecule has 1 N–H and O–H groups in total. The van der Waals surface area contributed by atoms with Crippen molar-refractivity contribution < 1.29 is 31.4 Å². The first-order valence-electron chi connectivity index (χ1n) is 9.20. The van der Waals surface area contributed by atoms with Crippen LogP contribution in [0.25, 0.3) is 0 Å². The number of hydrogen-bond donors (Lipinski definition) is 1. The van der Waals surface area contributed by atoms with Crippen molar-refractivity contribution in [3.63, 3.8) is 0 Å². The van der Waals surface area contributed by atoms with Crippen LogP contribution in [0.5, 0.6) is 11.5 Å². The molecule has 1 aliphatic heterocycles. The van der Waals surface area contributed by atoms with Crippen LogP contribution in [0.3, 0.4) is 0 Å². The molecule has 0 saturated carbocycles. The maximum Gasteiger partial charge on any atom is 0.573 e. The van der Waals surface area contributed by atoms with Gasteiger partial charge in [-0.15, -0.1) is 13.2 Å². The third kappa shape index (κ3) is 6.30. The summed E-state index contributed by atoms with van der Waals surface area (Å²) in [6, 6.07) is 12.9. The summed E-state index contributed by atoms with van der Waals surface area (Å²) >= 11 is 0. The average Bonchev–Trinajstić information content (AvgIpc) is 2.67. The zero-order valence-corrected chi connectivity index (χ0v) is 15.5. The van der Waals surface area contributed by atoms with Crippen LogP contribution in [0.15, 0.2) is 48.5 Å². The largest absolute Gasteiger partial charge is 0.573 e. The Labute approximate surface area is 165 Å². The molecule has 4 nitrogen and oxygen atoms in total. The minimum atomic E-state index is -4.87. The van der Waals surface area contributed by atoms with E-state index < -0.39 is 18.7 Å². The quantitative estimate of drug-likeness (QED) is 0.612. The fourth-order valence-electron chi connectivity index (χ4n) is 3.43. The lowest BCUT2D eigenvalue weighted by atomic mass is 9.97. The molecule has 9 heteroatoms. The van der Waals surface area contributed by atoms with E-state index in [2.05, 4.69) is 14.9 Å². The van der Waals surface area contributed by atoms with Crippen molar-refractivity contribution in [3.05, 3.63) is 59.7 Å². The Morgan fingerprint density at radius 3 is 2.52 bits per heavy atom. The van der Waals surface area contributed by atoms with Crippen molar-refractivity contribution in [3.8, 4) is 11.5 Å². The lowest BCUT2D eigenvalue weighted by Gasteiger charge is -2.36. The molecule has 0 aromatic heterocycles. The van der Waals surface area contributed by atoms with E-state index in [1.165, 1.54) is 0 Å². The van der Waals surface area contributed by atoms with E-state index in [1.807, 2.05) is 35.3 Å². The number of hydrazine groups is 1. The summed E-state index contributed by atoms with van der Waals surface area (Å²) in [6.45, 7) is -2.35. The number of halogens is 5. The predicted octanol–water partition coefficient (Wildman–Crippen LogP) is 5.42. The summed E-state index contributed by atoms with van der Waals surface area (Å²) in [6.07, 6.45) is -1.96. The summed E-state index contributed by atoms with van der Waals surface area (Å²) < 4.78 is 71.2. The number of ether oxygens (including phenoxy) is 2. The zero-order chi connectivity index (χ0) is 20.9. The molecule has 1 atom stereocenters. The van der Waals surface area contributed by atoms with E-state index in [1.54, 1.807) is 0 Å². The van der Waals surface area contributed by atoms with Crippen LogP contribution in [0, 0.1) is 0 Å². The van der Waals surface area contributed by atoms with Gasteiger partial charge in [-0.3, -0.25) is 5.43 Å². The number of nitrogens with one attached hydrogen (secondary N) is 1. The van der Waals surface area contributed by atoms with Crippen molar-refractivity contribution in [2.75, 3.05) is 6.54 Å². The number of piperidine rings is 1. The first-order chi connectivity index (χ1) is 13.8. The van der Waals surface area contributed by atoms with Gasteiger partial charge in [0.05, 0.1) is 0 Å². The molecule has 0 unspecified atom stereocenters. The second-order valence-corrected chi connectivity index (χ2v) is 6.65. The average molecular weight is 416 g/mol. The Kier molecular flexibility index (Phi) is 6.92. The monoisotopic (exact) mass is 416 g/mol. The molecule has 158 valence electrons. The molecule has 0 radical (unpaired) electrons. The zero-order valence-electron chi connectivity index (χ0n) is 15.5. The van der Waals surface area contributed by atoms with E-state index >= 15 is 0 Å². The van der Waals surface area contributed by atoms with E-state index in [9.17, 15) is 22.0 Å². The van der Waals surface area contributed by atoms with Gasteiger partial charge in [-0.05, 0) is 36.6 Å². The molecule has 29 heavy (non-hydrogen) atoms. The Bertz CT molecular complexity index is 786. The van der Waals surface area contributed by atoms with Gasteiger partial charge in [-0.25, -0.2) is 5.01 Å². The van der Waals surface area contributed by atoms with Crippen molar-refractivity contribution in [1.29, 1.82) is 0 Å². The third-order valence-electron chi connectivity index (χ3n) is 4.64. The topological polar surface area (TPSA) is 33.7 Å². The molecule has 0 bridgehead atoms. The van der Waals surface area contributed by atoms with Gasteiger partial charge in [0, 0.05) is 24.7 Å². The van der Waals surface area contributed by atoms with Crippen LogP contribution in [-0.4, -0.2) is 24.5 Å². The van der Waals surface area contributed by atoms with E-state index in [-0.39, 0.29) is 23.9 Å². The van der Waals surface area contributed by atoms with Gasteiger partial charge in [0.1, 0.15) is 11.5 Å². The smallest absolute Gasteiger partial charge is 0.434 e. The standard InChI is InChI=1S/C20H21F5N2O2/c21-19(22)28-18-10-9-16(29-20(23,24)25)12-15(18)13-26-27-11-5-4-8-17(27)14-6-2-1-3-7-14/h1-3,6-7,9-10,12,17,19,26H,4-5,8,11,13H2/t17-/m0/s1. The molecule has 1 aliphatic rings. The van der Waals surface area contributed by atoms with Crippen LogP contribution in [0.2, 0.25) is 0 Å². The van der Waals surface area contributed by atoms with Gasteiger partial charge >= 0.3 is 13.0 Å². The maximum absolute atomic E-state index is 12.7. The van der Waals surface area contributed by atoms with Crippen LogP contribution in [0.1, 0.15) is 36.4 Å². The second-order valence-electron chi connectivity index (χ2n) is 6.65. The summed E-state index contributed by atoms with van der Waals surface area (Å²) in [5.74, 6) is -0.690. The fraction of sp³-hybridized carbons (Fsp3) is 0.400. The van der Waals surface area contributed by atoms with Crippen molar-refractivity contribution in [2.45, 2.75) is 44.8 Å². The number of nitrogens with zero attached hydrogens (tertiary/aromatic N) is 1. The minimum absolute atomic E-state index is 0.0143. The van der Waals surface area contributed by atoms with Crippen molar-refractivity contribution in [2.24, 2.45) is 0 Å². The SMILES string of the molecule is FC(F)Oc1ccc(OC(F)(F)F)cc1CNN1CCCC[C@H]1c1ccccc1. The fourth-order valence-corrected chi connectivity index (χ4v) is 3.43. The van der Waals surface area contributed by atoms with E-state index in [4.69, 9.17) is 0 Å². The highest BCUT2D eigenvalue weighted by Crippen LogP contribution is 2.32. The molecule has 1 heterocycles. The highest BCUT2D eigenvalue weighted by Gasteiger charge is 2.31. The van der Waals surface area contributed by atoms with Crippen LogP contribution < -0.4 is 14.9 Å². The van der Waals surface area contributed by atoms with E-state index in [0.29, 0.717) is 0 Å². The minimum Gasteiger partial charge on any atom is -0.434 e. The molecule has 3 rings (SSSR count). The molecule has 0 spiro atoms. The van der Waals surface area contributed by atoms with Gasteiger partial charge in [-0.1, -0.05) is 36.8 Å². The Morgan fingerprint density at radius 2 is 1.83 bits per heavy atom. The molecular formula is C20H21F5N2O2. The van der Waals surface area contributed by atoms with Crippen LogP contribution in [-0.2, 0) is 6.54 Å². The van der Waals surface area contributed by atoms with Crippen molar-refractivity contribution >= 4 is 0 Å². The van der Waals surface area contributed by atoms with Crippen molar-refractivity contribution in [1.82, 2.24) is 10.4 Å². The first kappa shape index (κ1) is 21.3. The molecule has 0 aliphatic carbocycles. The molecule has 0 amide bonds.